The van der Waals surface area contributed by atoms with Gasteiger partial charge in [-0.25, -0.2) is 0 Å². The van der Waals surface area contributed by atoms with Crippen molar-refractivity contribution < 1.29 is 0 Å². The molecule has 1 aliphatic rings. The molecule has 0 aliphatic heterocycles. The molecular weight excluding hydrogens is 330 g/mol. The molecular formula is C21H22ClN3. The topological polar surface area (TPSA) is 65.7 Å². The van der Waals surface area contributed by atoms with Crippen LogP contribution >= 0.6 is 11.6 Å². The van der Waals surface area contributed by atoms with Crippen molar-refractivity contribution in [3.63, 3.8) is 0 Å². The Morgan fingerprint density at radius 3 is 2.76 bits per heavy atom. The number of H-pyrrole nitrogens is 1. The van der Waals surface area contributed by atoms with Crippen molar-refractivity contribution in [1.82, 2.24) is 4.98 Å². The van der Waals surface area contributed by atoms with Gasteiger partial charge in [-0.1, -0.05) is 30.3 Å². The second kappa shape index (κ2) is 6.77. The van der Waals surface area contributed by atoms with Gasteiger partial charge in [0.2, 0.25) is 0 Å². The molecule has 0 unspecified atom stereocenters. The number of benzene rings is 1. The first-order valence-electron chi connectivity index (χ1n) is 8.27. The maximum Gasteiger partial charge on any atom is 0.0466 e. The molecule has 0 atom stereocenters. The van der Waals surface area contributed by atoms with Crippen molar-refractivity contribution in [2.75, 3.05) is 0 Å². The monoisotopic (exact) mass is 351 g/mol. The highest BCUT2D eigenvalue weighted by Gasteiger charge is 2.14. The Bertz CT molecular complexity index is 966. The molecule has 1 heterocycles. The number of nitrogens with two attached hydrogens (primary N) is 1. The summed E-state index contributed by atoms with van der Waals surface area (Å²) in [7, 11) is 0. The molecule has 3 nitrogen and oxygen atoms in total. The van der Waals surface area contributed by atoms with Gasteiger partial charge in [-0.15, -0.1) is 0 Å². The number of hydrogen-bond acceptors (Lipinski definition) is 2. The Kier molecular flexibility index (Phi) is 4.69. The molecule has 0 radical (unpaired) electrons. The molecule has 4 N–H and O–H groups in total. The van der Waals surface area contributed by atoms with Crippen LogP contribution in [0.4, 0.5) is 0 Å². The second-order valence-electron chi connectivity index (χ2n) is 6.42. The third kappa shape index (κ3) is 3.20. The summed E-state index contributed by atoms with van der Waals surface area (Å²) >= 11 is 6.45. The number of aromatic nitrogens is 1. The largest absolute Gasteiger partial charge is 0.402 e. The minimum atomic E-state index is 0.583. The number of fused-ring (bicyclic) bond motifs is 1. The lowest BCUT2D eigenvalue weighted by molar-refractivity contribution is 1.02. The van der Waals surface area contributed by atoms with Crippen molar-refractivity contribution in [2.45, 2.75) is 26.7 Å². The van der Waals surface area contributed by atoms with Gasteiger partial charge >= 0.3 is 0 Å². The lowest BCUT2D eigenvalue weighted by atomic mass is 9.94. The molecule has 0 amide bonds. The van der Waals surface area contributed by atoms with Gasteiger partial charge in [-0.05, 0) is 61.6 Å². The van der Waals surface area contributed by atoms with Crippen LogP contribution in [0.5, 0.6) is 0 Å². The van der Waals surface area contributed by atoms with E-state index in [9.17, 15) is 0 Å². The van der Waals surface area contributed by atoms with E-state index < -0.39 is 0 Å². The van der Waals surface area contributed by atoms with Gasteiger partial charge in [0.1, 0.15) is 0 Å². The minimum Gasteiger partial charge on any atom is -0.402 e. The molecule has 3 rings (SSSR count). The standard InChI is InChI=1S/C21H22ClN3/c1-12-8-15-9-20(13(2)18(11-23)14(3)24)25-21(15)10-17(12)16-6-4-5-7-19(16)22/h4,6,8-11,23,25H,2,5,7,24H2,1,3H3/b18-14-,23-11?. The molecule has 0 spiro atoms. The Hall–Kier alpha value is -2.52. The summed E-state index contributed by atoms with van der Waals surface area (Å²) in [6.07, 6.45) is 7.40. The van der Waals surface area contributed by atoms with Gasteiger partial charge in [-0.3, -0.25) is 0 Å². The van der Waals surface area contributed by atoms with Gasteiger partial charge < -0.3 is 16.1 Å². The van der Waals surface area contributed by atoms with Crippen LogP contribution in [0.3, 0.4) is 0 Å². The average molecular weight is 352 g/mol. The first kappa shape index (κ1) is 17.3. The second-order valence-corrected chi connectivity index (χ2v) is 6.87. The number of hydrogen-bond donors (Lipinski definition) is 3. The van der Waals surface area contributed by atoms with Crippen LogP contribution in [0.25, 0.3) is 22.0 Å². The Morgan fingerprint density at radius 1 is 1.36 bits per heavy atom. The van der Waals surface area contributed by atoms with Crippen LogP contribution < -0.4 is 5.73 Å². The van der Waals surface area contributed by atoms with Crippen LogP contribution in [0.2, 0.25) is 0 Å². The van der Waals surface area contributed by atoms with Gasteiger partial charge in [-0.2, -0.15) is 0 Å². The van der Waals surface area contributed by atoms with Crippen LogP contribution in [-0.2, 0) is 0 Å². The van der Waals surface area contributed by atoms with E-state index in [0.717, 1.165) is 51.2 Å². The van der Waals surface area contributed by atoms with E-state index in [2.05, 4.69) is 42.8 Å². The predicted octanol–water partition coefficient (Wildman–Crippen LogP) is 5.67. The van der Waals surface area contributed by atoms with Gasteiger partial charge in [0, 0.05) is 44.7 Å². The minimum absolute atomic E-state index is 0.583. The zero-order valence-corrected chi connectivity index (χ0v) is 15.3. The highest BCUT2D eigenvalue weighted by atomic mass is 35.5. The van der Waals surface area contributed by atoms with Crippen molar-refractivity contribution in [1.29, 1.82) is 5.41 Å². The summed E-state index contributed by atoms with van der Waals surface area (Å²) in [5, 5.41) is 9.58. The Morgan fingerprint density at radius 2 is 2.12 bits per heavy atom. The Balaban J connectivity index is 2.11. The molecule has 2 aromatic rings. The van der Waals surface area contributed by atoms with Crippen molar-refractivity contribution in [2.24, 2.45) is 5.73 Å². The third-order valence-electron chi connectivity index (χ3n) is 4.58. The van der Waals surface area contributed by atoms with Crippen molar-refractivity contribution >= 4 is 39.9 Å². The number of allylic oxidation sites excluding steroid dienone is 7. The first-order chi connectivity index (χ1) is 11.9. The van der Waals surface area contributed by atoms with Crippen LogP contribution in [0.1, 0.15) is 36.6 Å². The number of nitrogens with one attached hydrogen (secondary N) is 2. The third-order valence-corrected chi connectivity index (χ3v) is 4.98. The maximum absolute atomic E-state index is 7.56. The van der Waals surface area contributed by atoms with Crippen molar-refractivity contribution in [3.05, 3.63) is 70.1 Å². The molecule has 25 heavy (non-hydrogen) atoms. The number of halogens is 1. The van der Waals surface area contributed by atoms with Crippen molar-refractivity contribution in [3.8, 4) is 0 Å². The summed E-state index contributed by atoms with van der Waals surface area (Å²) in [5.74, 6) is 0. The van der Waals surface area contributed by atoms with Crippen LogP contribution in [0, 0.1) is 12.3 Å². The van der Waals surface area contributed by atoms with Crippen LogP contribution in [0.15, 0.2) is 53.2 Å². The highest BCUT2D eigenvalue weighted by molar-refractivity contribution is 6.33. The van der Waals surface area contributed by atoms with E-state index in [1.807, 2.05) is 6.07 Å². The average Bonchev–Trinajstić information content (AvgIpc) is 2.97. The van der Waals surface area contributed by atoms with Gasteiger partial charge in [0.25, 0.3) is 0 Å². The van der Waals surface area contributed by atoms with E-state index in [1.54, 1.807) is 6.92 Å². The maximum atomic E-state index is 7.56. The summed E-state index contributed by atoms with van der Waals surface area (Å²) in [6, 6.07) is 6.34. The fourth-order valence-electron chi connectivity index (χ4n) is 3.20. The molecule has 4 heteroatoms. The zero-order chi connectivity index (χ0) is 18.1. The predicted molar refractivity (Wildman–Crippen MR) is 109 cm³/mol. The summed E-state index contributed by atoms with van der Waals surface area (Å²) < 4.78 is 0. The molecule has 1 aromatic carbocycles. The molecule has 0 bridgehead atoms. The lowest BCUT2D eigenvalue weighted by Gasteiger charge is -2.13. The fraction of sp³-hybridized carbons (Fsp3) is 0.190. The van der Waals surface area contributed by atoms with E-state index in [4.69, 9.17) is 22.7 Å². The summed E-state index contributed by atoms with van der Waals surface area (Å²) in [5.41, 5.74) is 13.1. The van der Waals surface area contributed by atoms with Crippen LogP contribution in [-0.4, -0.2) is 11.2 Å². The van der Waals surface area contributed by atoms with E-state index in [1.165, 1.54) is 11.8 Å². The van der Waals surface area contributed by atoms with E-state index in [-0.39, 0.29) is 0 Å². The van der Waals surface area contributed by atoms with Gasteiger partial charge in [0.15, 0.2) is 0 Å². The van der Waals surface area contributed by atoms with E-state index in [0.29, 0.717) is 11.3 Å². The summed E-state index contributed by atoms with van der Waals surface area (Å²) in [4.78, 5) is 3.40. The summed E-state index contributed by atoms with van der Waals surface area (Å²) in [6.45, 7) is 7.98. The lowest BCUT2D eigenvalue weighted by Crippen LogP contribution is -2.01. The molecule has 0 fully saturated rings. The molecule has 1 aromatic heterocycles. The molecule has 1 aliphatic carbocycles. The number of aromatic amines is 1. The first-order valence-corrected chi connectivity index (χ1v) is 8.65. The molecule has 0 saturated carbocycles. The Labute approximate surface area is 153 Å². The number of rotatable bonds is 4. The van der Waals surface area contributed by atoms with E-state index >= 15 is 0 Å². The van der Waals surface area contributed by atoms with Gasteiger partial charge in [0.05, 0.1) is 0 Å². The molecule has 0 saturated heterocycles. The normalized spacial score (nSPS) is 15.5. The quantitative estimate of drug-likeness (QED) is 0.482. The number of aryl methyl sites for hydroxylation is 1. The highest BCUT2D eigenvalue weighted by Crippen LogP contribution is 2.34. The smallest absolute Gasteiger partial charge is 0.0466 e. The molecule has 128 valence electrons. The zero-order valence-electron chi connectivity index (χ0n) is 14.5. The SMILES string of the molecule is C=C(/C(C=N)=C(/C)N)c1cc2cc(C)c(C3=C(Cl)CCC=C3)cc2[nH]1. The fourth-order valence-corrected chi connectivity index (χ4v) is 3.48.